The molecule has 2 aromatic carbocycles. The summed E-state index contributed by atoms with van der Waals surface area (Å²) in [6.07, 6.45) is 0. The summed E-state index contributed by atoms with van der Waals surface area (Å²) < 4.78 is 0.960. The van der Waals surface area contributed by atoms with Crippen molar-refractivity contribution in [2.75, 3.05) is 25.0 Å². The molecule has 0 fully saturated rings. The summed E-state index contributed by atoms with van der Waals surface area (Å²) in [5, 5.41) is 2.92. The third kappa shape index (κ3) is 4.56. The molecule has 0 saturated heterocycles. The molecule has 4 nitrogen and oxygen atoms in total. The van der Waals surface area contributed by atoms with Crippen LogP contribution in [0.2, 0.25) is 0 Å². The number of carbonyl (C=O) groups excluding carboxylic acids is 1. The molecule has 0 heterocycles. The van der Waals surface area contributed by atoms with E-state index in [9.17, 15) is 4.79 Å². The molecule has 0 aliphatic rings. The predicted molar refractivity (Wildman–Crippen MR) is 98.4 cm³/mol. The van der Waals surface area contributed by atoms with Crippen LogP contribution in [-0.2, 0) is 10.3 Å². The molecule has 1 unspecified atom stereocenters. The van der Waals surface area contributed by atoms with Gasteiger partial charge in [0.1, 0.15) is 5.54 Å². The number of hydrogen-bond donors (Lipinski definition) is 2. The average Bonchev–Trinajstić information content (AvgIpc) is 2.55. The second kappa shape index (κ2) is 7.62. The van der Waals surface area contributed by atoms with Crippen LogP contribution < -0.4 is 16.0 Å². The van der Waals surface area contributed by atoms with Crippen LogP contribution in [0.4, 0.5) is 5.69 Å². The monoisotopic (exact) mass is 375 g/mol. The van der Waals surface area contributed by atoms with Gasteiger partial charge in [0.05, 0.1) is 0 Å². The highest BCUT2D eigenvalue weighted by atomic mass is 79.9. The van der Waals surface area contributed by atoms with E-state index < -0.39 is 5.54 Å². The molecule has 2 aromatic rings. The zero-order chi connectivity index (χ0) is 16.9. The first-order chi connectivity index (χ1) is 10.9. The molecule has 0 aromatic heterocycles. The van der Waals surface area contributed by atoms with Gasteiger partial charge in [-0.3, -0.25) is 4.79 Å². The van der Waals surface area contributed by atoms with Crippen molar-refractivity contribution in [1.82, 2.24) is 5.32 Å². The number of likely N-dealkylation sites (N-methyl/N-ethyl adjacent to an activating group) is 1. The first-order valence-corrected chi connectivity index (χ1v) is 8.30. The maximum atomic E-state index is 12.4. The molecule has 3 N–H and O–H groups in total. The summed E-state index contributed by atoms with van der Waals surface area (Å²) in [6.45, 7) is 2.98. The SMILES string of the molecule is CN(CCNC(=O)C(C)(N)c1ccc(Br)cc1)c1ccccc1. The molecule has 122 valence electrons. The minimum Gasteiger partial charge on any atom is -0.373 e. The molecule has 2 rings (SSSR count). The summed E-state index contributed by atoms with van der Waals surface area (Å²) in [5.41, 5.74) is 7.07. The maximum Gasteiger partial charge on any atom is 0.244 e. The maximum absolute atomic E-state index is 12.4. The standard InChI is InChI=1S/C18H22BrN3O/c1-18(20,14-8-10-15(19)11-9-14)17(23)21-12-13-22(2)16-6-4-3-5-7-16/h3-11H,12-13,20H2,1-2H3,(H,21,23). The van der Waals surface area contributed by atoms with Crippen LogP contribution in [0.5, 0.6) is 0 Å². The van der Waals surface area contributed by atoms with Crippen LogP contribution in [0.3, 0.4) is 0 Å². The molecular formula is C18H22BrN3O. The fourth-order valence-corrected chi connectivity index (χ4v) is 2.52. The first kappa shape index (κ1) is 17.5. The average molecular weight is 376 g/mol. The van der Waals surface area contributed by atoms with Crippen molar-refractivity contribution in [1.29, 1.82) is 0 Å². The van der Waals surface area contributed by atoms with Crippen LogP contribution in [0, 0.1) is 0 Å². The lowest BCUT2D eigenvalue weighted by molar-refractivity contribution is -0.126. The molecule has 23 heavy (non-hydrogen) atoms. The molecule has 0 bridgehead atoms. The Hall–Kier alpha value is -1.85. The summed E-state index contributed by atoms with van der Waals surface area (Å²) in [5.74, 6) is -0.179. The zero-order valence-corrected chi connectivity index (χ0v) is 15.0. The number of nitrogens with one attached hydrogen (secondary N) is 1. The number of benzene rings is 2. The number of anilines is 1. The normalized spacial score (nSPS) is 13.2. The number of nitrogens with zero attached hydrogens (tertiary/aromatic N) is 1. The quantitative estimate of drug-likeness (QED) is 0.815. The topological polar surface area (TPSA) is 58.4 Å². The minimum absolute atomic E-state index is 0.179. The number of para-hydroxylation sites is 1. The van der Waals surface area contributed by atoms with Crippen LogP contribution in [-0.4, -0.2) is 26.0 Å². The highest BCUT2D eigenvalue weighted by Crippen LogP contribution is 2.20. The van der Waals surface area contributed by atoms with Crippen molar-refractivity contribution in [2.45, 2.75) is 12.5 Å². The van der Waals surface area contributed by atoms with Crippen molar-refractivity contribution >= 4 is 27.5 Å². The third-order valence-electron chi connectivity index (χ3n) is 3.85. The van der Waals surface area contributed by atoms with Crippen LogP contribution in [0.15, 0.2) is 59.1 Å². The van der Waals surface area contributed by atoms with Crippen LogP contribution >= 0.6 is 15.9 Å². The van der Waals surface area contributed by atoms with E-state index in [4.69, 9.17) is 5.73 Å². The number of amides is 1. The number of hydrogen-bond acceptors (Lipinski definition) is 3. The van der Waals surface area contributed by atoms with Gasteiger partial charge in [-0.15, -0.1) is 0 Å². The van der Waals surface area contributed by atoms with Crippen molar-refractivity contribution < 1.29 is 4.79 Å². The van der Waals surface area contributed by atoms with Gasteiger partial charge >= 0.3 is 0 Å². The molecule has 5 heteroatoms. The van der Waals surface area contributed by atoms with Crippen molar-refractivity contribution in [3.8, 4) is 0 Å². The van der Waals surface area contributed by atoms with Gasteiger partial charge in [-0.25, -0.2) is 0 Å². The van der Waals surface area contributed by atoms with Gasteiger partial charge in [0.15, 0.2) is 0 Å². The zero-order valence-electron chi connectivity index (χ0n) is 13.4. The van der Waals surface area contributed by atoms with Gasteiger partial charge in [0, 0.05) is 30.3 Å². The molecule has 0 spiro atoms. The lowest BCUT2D eigenvalue weighted by atomic mass is 9.92. The van der Waals surface area contributed by atoms with Crippen molar-refractivity contribution in [2.24, 2.45) is 5.73 Å². The van der Waals surface area contributed by atoms with Gasteiger partial charge in [0.2, 0.25) is 5.91 Å². The van der Waals surface area contributed by atoms with Gasteiger partial charge in [-0.2, -0.15) is 0 Å². The molecule has 0 aliphatic carbocycles. The fourth-order valence-electron chi connectivity index (χ4n) is 2.26. The van der Waals surface area contributed by atoms with Crippen molar-refractivity contribution in [3.63, 3.8) is 0 Å². The van der Waals surface area contributed by atoms with Gasteiger partial charge in [-0.1, -0.05) is 46.3 Å². The first-order valence-electron chi connectivity index (χ1n) is 7.50. The van der Waals surface area contributed by atoms with Gasteiger partial charge in [0.25, 0.3) is 0 Å². The van der Waals surface area contributed by atoms with E-state index in [1.54, 1.807) is 6.92 Å². The minimum atomic E-state index is -1.05. The smallest absolute Gasteiger partial charge is 0.244 e. The second-order valence-corrected chi connectivity index (χ2v) is 6.64. The molecule has 0 aliphatic heterocycles. The second-order valence-electron chi connectivity index (χ2n) is 5.72. The van der Waals surface area contributed by atoms with E-state index in [-0.39, 0.29) is 5.91 Å². The summed E-state index contributed by atoms with van der Waals surface area (Å²) in [6, 6.07) is 17.5. The van der Waals surface area contributed by atoms with E-state index in [2.05, 4.69) is 26.1 Å². The Morgan fingerprint density at radius 2 is 1.78 bits per heavy atom. The summed E-state index contributed by atoms with van der Waals surface area (Å²) >= 11 is 3.38. The highest BCUT2D eigenvalue weighted by Gasteiger charge is 2.30. The highest BCUT2D eigenvalue weighted by molar-refractivity contribution is 9.10. The van der Waals surface area contributed by atoms with E-state index in [1.165, 1.54) is 0 Å². The molecule has 0 saturated carbocycles. The van der Waals surface area contributed by atoms with Gasteiger partial charge < -0.3 is 16.0 Å². The van der Waals surface area contributed by atoms with E-state index >= 15 is 0 Å². The van der Waals surface area contributed by atoms with Crippen molar-refractivity contribution in [3.05, 3.63) is 64.6 Å². The molecule has 1 amide bonds. The number of nitrogens with two attached hydrogens (primary N) is 1. The Labute approximate surface area is 145 Å². The Kier molecular flexibility index (Phi) is 5.80. The summed E-state index contributed by atoms with van der Waals surface area (Å²) in [4.78, 5) is 14.5. The lowest BCUT2D eigenvalue weighted by Gasteiger charge is -2.25. The largest absolute Gasteiger partial charge is 0.373 e. The number of rotatable bonds is 6. The van der Waals surface area contributed by atoms with Crippen LogP contribution in [0.25, 0.3) is 0 Å². The Morgan fingerprint density at radius 1 is 1.17 bits per heavy atom. The van der Waals surface area contributed by atoms with Gasteiger partial charge in [-0.05, 0) is 36.8 Å². The Balaban J connectivity index is 1.90. The number of halogens is 1. The third-order valence-corrected chi connectivity index (χ3v) is 4.37. The predicted octanol–water partition coefficient (Wildman–Crippen LogP) is 2.88. The summed E-state index contributed by atoms with van der Waals surface area (Å²) in [7, 11) is 2.00. The Bertz CT molecular complexity index is 641. The lowest BCUT2D eigenvalue weighted by Crippen LogP contribution is -2.50. The van der Waals surface area contributed by atoms with E-state index in [0.717, 1.165) is 15.7 Å². The van der Waals surface area contributed by atoms with E-state index in [1.807, 2.05) is 61.6 Å². The van der Waals surface area contributed by atoms with Crippen LogP contribution in [0.1, 0.15) is 12.5 Å². The number of carbonyl (C=O) groups is 1. The Morgan fingerprint density at radius 3 is 2.39 bits per heavy atom. The molecule has 0 radical (unpaired) electrons. The molecule has 1 atom stereocenters. The molecular weight excluding hydrogens is 354 g/mol. The van der Waals surface area contributed by atoms with E-state index in [0.29, 0.717) is 13.1 Å². The fraction of sp³-hybridized carbons (Fsp3) is 0.278.